The third-order valence-electron chi connectivity index (χ3n) is 4.00. The average molecular weight is 391 g/mol. The van der Waals surface area contributed by atoms with Crippen LogP contribution in [-0.4, -0.2) is 29.0 Å². The monoisotopic (exact) mass is 391 g/mol. The molecule has 0 unspecified atom stereocenters. The second-order valence-corrected chi connectivity index (χ2v) is 6.57. The summed E-state index contributed by atoms with van der Waals surface area (Å²) in [4.78, 5) is 20.8. The van der Waals surface area contributed by atoms with Crippen LogP contribution >= 0.6 is 0 Å². The zero-order chi connectivity index (χ0) is 20.6. The predicted octanol–water partition coefficient (Wildman–Crippen LogP) is 4.29. The molecule has 150 valence electrons. The van der Waals surface area contributed by atoms with Crippen LogP contribution in [0.1, 0.15) is 18.3 Å². The van der Waals surface area contributed by atoms with Gasteiger partial charge in [0.1, 0.15) is 23.2 Å². The summed E-state index contributed by atoms with van der Waals surface area (Å²) in [5, 5.41) is 9.25. The van der Waals surface area contributed by atoms with Crippen LogP contribution in [0.3, 0.4) is 0 Å². The van der Waals surface area contributed by atoms with Gasteiger partial charge in [0.25, 0.3) is 5.91 Å². The van der Waals surface area contributed by atoms with Gasteiger partial charge in [-0.25, -0.2) is 9.97 Å². The second-order valence-electron chi connectivity index (χ2n) is 6.57. The van der Waals surface area contributed by atoms with Crippen molar-refractivity contribution in [2.45, 2.75) is 20.8 Å². The van der Waals surface area contributed by atoms with Crippen molar-refractivity contribution in [1.82, 2.24) is 9.97 Å². The third-order valence-corrected chi connectivity index (χ3v) is 4.00. The van der Waals surface area contributed by atoms with E-state index < -0.39 is 0 Å². The van der Waals surface area contributed by atoms with E-state index in [9.17, 15) is 4.79 Å². The second kappa shape index (κ2) is 9.54. The summed E-state index contributed by atoms with van der Waals surface area (Å²) >= 11 is 0. The Labute approximate surface area is 170 Å². The van der Waals surface area contributed by atoms with Gasteiger partial charge in [-0.05, 0) is 62.7 Å². The molecule has 1 aromatic heterocycles. The zero-order valence-corrected chi connectivity index (χ0v) is 16.8. The van der Waals surface area contributed by atoms with Crippen LogP contribution in [0.25, 0.3) is 0 Å². The Balaban J connectivity index is 1.55. The van der Waals surface area contributed by atoms with Crippen LogP contribution < -0.4 is 20.7 Å². The van der Waals surface area contributed by atoms with E-state index in [4.69, 9.17) is 4.74 Å². The number of hydrogen-bond donors (Lipinski definition) is 3. The number of anilines is 4. The van der Waals surface area contributed by atoms with Gasteiger partial charge in [0.2, 0.25) is 0 Å². The maximum Gasteiger partial charge on any atom is 0.262 e. The Bertz CT molecular complexity index is 973. The standard InChI is InChI=1S/C22H25N5O2/c1-4-23-20-13-21(25-16(3)24-20)26-17-8-10-18(11-9-17)27-22(28)14-29-19-7-5-6-15(2)12-19/h5-13H,4,14H2,1-3H3,(H,27,28)(H2,23,24,25,26). The molecule has 0 saturated carbocycles. The van der Waals surface area contributed by atoms with E-state index >= 15 is 0 Å². The quantitative estimate of drug-likeness (QED) is 0.531. The van der Waals surface area contributed by atoms with Gasteiger partial charge in [-0.1, -0.05) is 12.1 Å². The fraction of sp³-hybridized carbons (Fsp3) is 0.227. The number of carbonyl (C=O) groups excluding carboxylic acids is 1. The Hall–Kier alpha value is -3.61. The number of benzene rings is 2. The normalized spacial score (nSPS) is 10.3. The Morgan fingerprint density at radius 2 is 1.69 bits per heavy atom. The molecule has 0 radical (unpaired) electrons. The van der Waals surface area contributed by atoms with Gasteiger partial charge in [0.15, 0.2) is 6.61 Å². The number of nitrogens with zero attached hydrogens (tertiary/aromatic N) is 2. The zero-order valence-electron chi connectivity index (χ0n) is 16.8. The summed E-state index contributed by atoms with van der Waals surface area (Å²) in [6.07, 6.45) is 0. The molecule has 0 saturated heterocycles. The number of nitrogens with one attached hydrogen (secondary N) is 3. The summed E-state index contributed by atoms with van der Waals surface area (Å²) in [7, 11) is 0. The Kier molecular flexibility index (Phi) is 6.63. The molecule has 0 aliphatic rings. The summed E-state index contributed by atoms with van der Waals surface area (Å²) in [5.41, 5.74) is 2.64. The van der Waals surface area contributed by atoms with E-state index in [1.807, 2.05) is 75.4 Å². The van der Waals surface area contributed by atoms with Crippen LogP contribution in [0.15, 0.2) is 54.6 Å². The third kappa shape index (κ3) is 6.21. The van der Waals surface area contributed by atoms with Crippen molar-refractivity contribution in [3.8, 4) is 5.75 Å². The van der Waals surface area contributed by atoms with Gasteiger partial charge in [-0.2, -0.15) is 0 Å². The van der Waals surface area contributed by atoms with E-state index in [0.29, 0.717) is 23.1 Å². The SMILES string of the molecule is CCNc1cc(Nc2ccc(NC(=O)COc3cccc(C)c3)cc2)nc(C)n1. The lowest BCUT2D eigenvalue weighted by molar-refractivity contribution is -0.118. The number of aromatic nitrogens is 2. The molecule has 0 aliphatic carbocycles. The molecular weight excluding hydrogens is 366 g/mol. The minimum atomic E-state index is -0.214. The maximum absolute atomic E-state index is 12.1. The van der Waals surface area contributed by atoms with Crippen molar-refractivity contribution in [1.29, 1.82) is 0 Å². The molecule has 29 heavy (non-hydrogen) atoms. The highest BCUT2D eigenvalue weighted by molar-refractivity contribution is 5.92. The minimum absolute atomic E-state index is 0.0448. The highest BCUT2D eigenvalue weighted by atomic mass is 16.5. The first-order chi connectivity index (χ1) is 14.0. The molecule has 3 rings (SSSR count). The average Bonchev–Trinajstić information content (AvgIpc) is 2.68. The van der Waals surface area contributed by atoms with Crippen molar-refractivity contribution < 1.29 is 9.53 Å². The van der Waals surface area contributed by atoms with E-state index in [1.54, 1.807) is 0 Å². The molecule has 0 fully saturated rings. The van der Waals surface area contributed by atoms with E-state index in [1.165, 1.54) is 0 Å². The highest BCUT2D eigenvalue weighted by Crippen LogP contribution is 2.20. The van der Waals surface area contributed by atoms with Crippen LogP contribution in [0.5, 0.6) is 5.75 Å². The fourth-order valence-electron chi connectivity index (χ4n) is 2.74. The molecule has 7 nitrogen and oxygen atoms in total. The Morgan fingerprint density at radius 3 is 2.41 bits per heavy atom. The maximum atomic E-state index is 12.1. The lowest BCUT2D eigenvalue weighted by atomic mass is 10.2. The first kappa shape index (κ1) is 20.1. The van der Waals surface area contributed by atoms with Crippen molar-refractivity contribution in [2.75, 3.05) is 29.1 Å². The lowest BCUT2D eigenvalue weighted by Crippen LogP contribution is -2.20. The number of rotatable bonds is 8. The number of aryl methyl sites for hydroxylation is 2. The summed E-state index contributed by atoms with van der Waals surface area (Å²) in [6, 6.07) is 16.9. The molecule has 0 atom stereocenters. The molecule has 2 aromatic carbocycles. The van der Waals surface area contributed by atoms with Gasteiger partial charge in [-0.3, -0.25) is 4.79 Å². The molecule has 0 bridgehead atoms. The van der Waals surface area contributed by atoms with Gasteiger partial charge in [0, 0.05) is 24.0 Å². The lowest BCUT2D eigenvalue weighted by Gasteiger charge is -2.11. The smallest absolute Gasteiger partial charge is 0.262 e. The first-order valence-corrected chi connectivity index (χ1v) is 9.48. The molecule has 7 heteroatoms. The van der Waals surface area contributed by atoms with E-state index in [0.717, 1.165) is 23.6 Å². The number of carbonyl (C=O) groups is 1. The summed E-state index contributed by atoms with van der Waals surface area (Å²) in [5.74, 6) is 2.63. The molecule has 3 N–H and O–H groups in total. The van der Waals surface area contributed by atoms with E-state index in [2.05, 4.69) is 25.9 Å². The molecule has 1 amide bonds. The Morgan fingerprint density at radius 1 is 0.966 bits per heavy atom. The van der Waals surface area contributed by atoms with Crippen molar-refractivity contribution in [3.63, 3.8) is 0 Å². The number of hydrogen-bond acceptors (Lipinski definition) is 6. The predicted molar refractivity (Wildman–Crippen MR) is 116 cm³/mol. The van der Waals surface area contributed by atoms with Gasteiger partial charge >= 0.3 is 0 Å². The van der Waals surface area contributed by atoms with Crippen LogP contribution in [0, 0.1) is 13.8 Å². The van der Waals surface area contributed by atoms with Crippen LogP contribution in [0.2, 0.25) is 0 Å². The highest BCUT2D eigenvalue weighted by Gasteiger charge is 2.05. The largest absolute Gasteiger partial charge is 0.484 e. The van der Waals surface area contributed by atoms with Gasteiger partial charge in [-0.15, -0.1) is 0 Å². The molecule has 0 aliphatic heterocycles. The first-order valence-electron chi connectivity index (χ1n) is 9.48. The number of ether oxygens (including phenoxy) is 1. The van der Waals surface area contributed by atoms with Crippen molar-refractivity contribution in [2.24, 2.45) is 0 Å². The van der Waals surface area contributed by atoms with Crippen molar-refractivity contribution >= 4 is 28.9 Å². The topological polar surface area (TPSA) is 88.2 Å². The fourth-order valence-corrected chi connectivity index (χ4v) is 2.74. The van der Waals surface area contributed by atoms with Gasteiger partial charge < -0.3 is 20.7 Å². The molecule has 3 aromatic rings. The van der Waals surface area contributed by atoms with Crippen molar-refractivity contribution in [3.05, 3.63) is 66.0 Å². The summed E-state index contributed by atoms with van der Waals surface area (Å²) < 4.78 is 5.52. The van der Waals surface area contributed by atoms with Gasteiger partial charge in [0.05, 0.1) is 0 Å². The van der Waals surface area contributed by atoms with Crippen LogP contribution in [0.4, 0.5) is 23.0 Å². The number of amides is 1. The minimum Gasteiger partial charge on any atom is -0.484 e. The molecule has 1 heterocycles. The summed E-state index contributed by atoms with van der Waals surface area (Å²) in [6.45, 7) is 6.59. The van der Waals surface area contributed by atoms with Crippen LogP contribution in [-0.2, 0) is 4.79 Å². The molecular formula is C22H25N5O2. The molecule has 0 spiro atoms. The van der Waals surface area contributed by atoms with E-state index in [-0.39, 0.29) is 12.5 Å².